The minimum absolute atomic E-state index is 0.0597. The van der Waals surface area contributed by atoms with Gasteiger partial charge in [-0.3, -0.25) is 0 Å². The largest absolute Gasteiger partial charge is 0.434 e. The third kappa shape index (κ3) is 6.99. The molecule has 0 saturated carbocycles. The Morgan fingerprint density at radius 3 is 2.06 bits per heavy atom. The Balaban J connectivity index is 1.51. The summed E-state index contributed by atoms with van der Waals surface area (Å²) in [5.41, 5.74) is 0.516. The molecular formula is C19H19F6N5O4S. The zero-order chi connectivity index (χ0) is 25.9. The first-order chi connectivity index (χ1) is 16.3. The molecule has 1 aromatic heterocycles. The van der Waals surface area contributed by atoms with Crippen molar-refractivity contribution in [2.75, 3.05) is 18.8 Å². The molecule has 1 amide bonds. The molecule has 1 aliphatic heterocycles. The second kappa shape index (κ2) is 10.3. The van der Waals surface area contributed by atoms with E-state index >= 15 is 0 Å². The number of halogens is 6. The molecule has 0 spiro atoms. The molecule has 3 rings (SSSR count). The van der Waals surface area contributed by atoms with Gasteiger partial charge >= 0.3 is 18.4 Å². The highest BCUT2D eigenvalue weighted by Gasteiger charge is 2.60. The Labute approximate surface area is 195 Å². The fourth-order valence-corrected chi connectivity index (χ4v) is 4.90. The van der Waals surface area contributed by atoms with E-state index in [0.29, 0.717) is 5.56 Å². The molecule has 1 saturated heterocycles. The molecule has 0 atom stereocenters. The minimum atomic E-state index is -5.79. The van der Waals surface area contributed by atoms with E-state index in [9.17, 15) is 39.6 Å². The van der Waals surface area contributed by atoms with Crippen LogP contribution in [0, 0.1) is 5.92 Å². The zero-order valence-corrected chi connectivity index (χ0v) is 18.6. The quantitative estimate of drug-likeness (QED) is 0.525. The lowest BCUT2D eigenvalue weighted by atomic mass is 9.95. The lowest BCUT2D eigenvalue weighted by Crippen LogP contribution is -2.49. The Morgan fingerprint density at radius 1 is 1.00 bits per heavy atom. The van der Waals surface area contributed by atoms with Gasteiger partial charge in [-0.05, 0) is 49.4 Å². The Hall–Kier alpha value is -3.04. The van der Waals surface area contributed by atoms with Crippen LogP contribution >= 0.6 is 0 Å². The van der Waals surface area contributed by atoms with Crippen LogP contribution in [-0.4, -0.2) is 77.1 Å². The molecule has 0 radical (unpaired) electrons. The molecule has 0 N–H and O–H groups in total. The van der Waals surface area contributed by atoms with Crippen molar-refractivity contribution in [2.45, 2.75) is 42.6 Å². The van der Waals surface area contributed by atoms with E-state index in [4.69, 9.17) is 0 Å². The molecule has 192 valence electrons. The number of sulfone groups is 1. The van der Waals surface area contributed by atoms with Crippen molar-refractivity contribution in [1.82, 2.24) is 25.3 Å². The number of hydrogen-bond acceptors (Lipinski definition) is 8. The molecule has 1 aliphatic rings. The normalized spacial score (nSPS) is 15.9. The number of hydrogen-bond donors (Lipinski definition) is 0. The molecule has 0 bridgehead atoms. The van der Waals surface area contributed by atoms with E-state index in [2.05, 4.69) is 25.1 Å². The summed E-state index contributed by atoms with van der Waals surface area (Å²) in [6.07, 6.45) is -15.7. The van der Waals surface area contributed by atoms with Crippen LogP contribution in [0.5, 0.6) is 0 Å². The van der Waals surface area contributed by atoms with Crippen molar-refractivity contribution in [2.24, 2.45) is 5.92 Å². The maximum absolute atomic E-state index is 12.7. The number of likely N-dealkylation sites (tertiary alicyclic amines) is 1. The number of aromatic nitrogens is 4. The van der Waals surface area contributed by atoms with Crippen molar-refractivity contribution in [3.63, 3.8) is 0 Å². The number of piperidine rings is 1. The molecule has 1 aromatic carbocycles. The number of alkyl halides is 6. The number of ether oxygens (including phenoxy) is 1. The second-order valence-corrected chi connectivity index (χ2v) is 9.89. The fraction of sp³-hybridized carbons (Fsp3) is 0.526. The first-order valence-electron chi connectivity index (χ1n) is 10.2. The van der Waals surface area contributed by atoms with Crippen molar-refractivity contribution in [3.05, 3.63) is 30.6 Å². The summed E-state index contributed by atoms with van der Waals surface area (Å²) in [6.45, 7) is -0.306. The first kappa shape index (κ1) is 26.6. The number of amides is 1. The highest BCUT2D eigenvalue weighted by Crippen LogP contribution is 2.36. The summed E-state index contributed by atoms with van der Waals surface area (Å²) >= 11 is 0. The zero-order valence-electron chi connectivity index (χ0n) is 17.8. The number of rotatable bonds is 6. The van der Waals surface area contributed by atoms with Gasteiger partial charge < -0.3 is 9.64 Å². The van der Waals surface area contributed by atoms with Crippen LogP contribution in [0.1, 0.15) is 19.3 Å². The van der Waals surface area contributed by atoms with E-state index in [-0.39, 0.29) is 54.7 Å². The average molecular weight is 527 g/mol. The van der Waals surface area contributed by atoms with Crippen molar-refractivity contribution < 1.29 is 44.3 Å². The van der Waals surface area contributed by atoms with Crippen LogP contribution in [0.4, 0.5) is 31.1 Å². The van der Waals surface area contributed by atoms with E-state index in [0.717, 1.165) is 11.2 Å². The van der Waals surface area contributed by atoms with Gasteiger partial charge in [-0.15, -0.1) is 20.4 Å². The van der Waals surface area contributed by atoms with E-state index in [1.807, 2.05) is 0 Å². The van der Waals surface area contributed by atoms with Gasteiger partial charge in [-0.25, -0.2) is 13.2 Å². The molecule has 35 heavy (non-hydrogen) atoms. The summed E-state index contributed by atoms with van der Waals surface area (Å²) in [7, 11) is -3.66. The average Bonchev–Trinajstić information content (AvgIpc) is 2.80. The van der Waals surface area contributed by atoms with Crippen LogP contribution in [-0.2, 0) is 14.6 Å². The van der Waals surface area contributed by atoms with E-state index in [1.54, 1.807) is 0 Å². The maximum Gasteiger partial charge on any atom is 0.434 e. The van der Waals surface area contributed by atoms with Crippen LogP contribution in [0.2, 0.25) is 0 Å². The molecule has 2 aromatic rings. The van der Waals surface area contributed by atoms with Crippen LogP contribution in [0.25, 0.3) is 11.4 Å². The van der Waals surface area contributed by atoms with Gasteiger partial charge in [0.2, 0.25) is 5.82 Å². The molecule has 2 heterocycles. The third-order valence-corrected chi connectivity index (χ3v) is 7.12. The Morgan fingerprint density at radius 2 is 1.54 bits per heavy atom. The maximum atomic E-state index is 12.7. The van der Waals surface area contributed by atoms with Crippen molar-refractivity contribution in [1.29, 1.82) is 0 Å². The topological polar surface area (TPSA) is 115 Å². The second-order valence-electron chi connectivity index (χ2n) is 7.78. The number of carbonyl (C=O) groups excluding carboxylic acids is 1. The first-order valence-corrected chi connectivity index (χ1v) is 11.8. The SMILES string of the molecule is O=C(OC(C(F)(F)F)C(F)(F)F)N1CCC(CCS(=O)(=O)c2ccc(-c3nncnn3)cc2)CC1. The lowest BCUT2D eigenvalue weighted by molar-refractivity contribution is -0.308. The van der Waals surface area contributed by atoms with Gasteiger partial charge in [0.1, 0.15) is 0 Å². The summed E-state index contributed by atoms with van der Waals surface area (Å²) in [4.78, 5) is 12.6. The van der Waals surface area contributed by atoms with Gasteiger partial charge in [0, 0.05) is 18.7 Å². The van der Waals surface area contributed by atoms with E-state index in [1.165, 1.54) is 24.3 Å². The fourth-order valence-electron chi connectivity index (χ4n) is 3.47. The van der Waals surface area contributed by atoms with Crippen molar-refractivity contribution >= 4 is 15.9 Å². The Bertz CT molecular complexity index is 1090. The van der Waals surface area contributed by atoms with Gasteiger partial charge in [0.15, 0.2) is 16.2 Å². The van der Waals surface area contributed by atoms with Gasteiger partial charge in [-0.2, -0.15) is 26.3 Å². The molecule has 1 fully saturated rings. The summed E-state index contributed by atoms with van der Waals surface area (Å²) < 4.78 is 104. The predicted molar refractivity (Wildman–Crippen MR) is 106 cm³/mol. The van der Waals surface area contributed by atoms with Crippen LogP contribution in [0.15, 0.2) is 35.5 Å². The summed E-state index contributed by atoms with van der Waals surface area (Å²) in [5.74, 6) is -0.195. The Kier molecular flexibility index (Phi) is 7.81. The molecule has 0 aliphatic carbocycles. The van der Waals surface area contributed by atoms with Gasteiger partial charge in [0.25, 0.3) is 6.10 Å². The highest BCUT2D eigenvalue weighted by molar-refractivity contribution is 7.91. The molecular weight excluding hydrogens is 508 g/mol. The highest BCUT2D eigenvalue weighted by atomic mass is 32.2. The lowest BCUT2D eigenvalue weighted by Gasteiger charge is -2.33. The third-order valence-electron chi connectivity index (χ3n) is 5.36. The summed E-state index contributed by atoms with van der Waals surface area (Å²) in [5, 5.41) is 14.7. The summed E-state index contributed by atoms with van der Waals surface area (Å²) in [6, 6.07) is 5.78. The molecule has 0 unspecified atom stereocenters. The molecule has 16 heteroatoms. The number of nitrogens with zero attached hydrogens (tertiary/aromatic N) is 5. The number of carbonyl (C=O) groups is 1. The van der Waals surface area contributed by atoms with Crippen LogP contribution < -0.4 is 0 Å². The predicted octanol–water partition coefficient (Wildman–Crippen LogP) is 3.44. The monoisotopic (exact) mass is 527 g/mol. The molecule has 9 nitrogen and oxygen atoms in total. The number of benzene rings is 1. The minimum Gasteiger partial charge on any atom is -0.426 e. The van der Waals surface area contributed by atoms with Crippen molar-refractivity contribution in [3.8, 4) is 11.4 Å². The van der Waals surface area contributed by atoms with Gasteiger partial charge in [0.05, 0.1) is 10.6 Å². The van der Waals surface area contributed by atoms with Crippen LogP contribution in [0.3, 0.4) is 0 Å². The standard InChI is InChI=1S/C19H19F6N5O4S/c20-18(21,22)16(19(23,24)25)34-17(31)30-8-5-12(6-9-30)7-10-35(32,33)14-3-1-13(2-4-14)15-28-26-11-27-29-15/h1-4,11-12,16H,5-10H2. The van der Waals surface area contributed by atoms with E-state index < -0.39 is 34.4 Å². The smallest absolute Gasteiger partial charge is 0.426 e. The van der Waals surface area contributed by atoms with Gasteiger partial charge in [-0.1, -0.05) is 0 Å².